The Morgan fingerprint density at radius 3 is 2.73 bits per heavy atom. The molecule has 3 heterocycles. The lowest BCUT2D eigenvalue weighted by Gasteiger charge is -2.42. The van der Waals surface area contributed by atoms with E-state index >= 15 is 0 Å². The van der Waals surface area contributed by atoms with Gasteiger partial charge in [-0.1, -0.05) is 18.0 Å². The number of aryl methyl sites for hydroxylation is 1. The van der Waals surface area contributed by atoms with Crippen molar-refractivity contribution in [3.63, 3.8) is 0 Å². The maximum Gasteiger partial charge on any atom is 0.277 e. The first-order valence-electron chi connectivity index (χ1n) is 8.88. The molecule has 1 aliphatic heterocycles. The van der Waals surface area contributed by atoms with E-state index in [4.69, 9.17) is 16.7 Å². The summed E-state index contributed by atoms with van der Waals surface area (Å²) in [5.41, 5.74) is 1.97. The second kappa shape index (κ2) is 6.63. The Morgan fingerprint density at radius 1 is 1.38 bits per heavy atom. The van der Waals surface area contributed by atoms with E-state index in [-0.39, 0.29) is 6.04 Å². The third-order valence-corrected chi connectivity index (χ3v) is 6.91. The normalized spacial score (nSPS) is 19.2. The van der Waals surface area contributed by atoms with Crippen LogP contribution in [0.1, 0.15) is 31.2 Å². The fourth-order valence-corrected chi connectivity index (χ4v) is 5.10. The summed E-state index contributed by atoms with van der Waals surface area (Å²) >= 11 is 6.20. The number of hydrogen-bond donors (Lipinski definition) is 1. The highest BCUT2D eigenvalue weighted by molar-refractivity contribution is 7.86. The van der Waals surface area contributed by atoms with Crippen LogP contribution in [0.25, 0.3) is 5.52 Å². The number of hydrogen-bond acceptors (Lipinski definition) is 5. The average molecular weight is 399 g/mol. The Hall–Kier alpha value is -1.42. The van der Waals surface area contributed by atoms with Crippen LogP contribution in [0.4, 0.5) is 5.82 Å². The molecule has 8 nitrogen and oxygen atoms in total. The van der Waals surface area contributed by atoms with Gasteiger partial charge in [0.25, 0.3) is 10.2 Å². The lowest BCUT2D eigenvalue weighted by Crippen LogP contribution is -2.51. The Labute approximate surface area is 158 Å². The molecular weight excluding hydrogens is 376 g/mol. The molecule has 142 valence electrons. The number of anilines is 1. The van der Waals surface area contributed by atoms with Gasteiger partial charge in [0.1, 0.15) is 17.0 Å². The zero-order valence-electron chi connectivity index (χ0n) is 14.7. The fraction of sp³-hybridized carbons (Fsp3) is 0.625. The van der Waals surface area contributed by atoms with Gasteiger partial charge >= 0.3 is 0 Å². The van der Waals surface area contributed by atoms with Crippen molar-refractivity contribution >= 4 is 33.1 Å². The molecular formula is C16H23ClN6O2S. The summed E-state index contributed by atoms with van der Waals surface area (Å²) in [5.74, 6) is 1.31. The topological polar surface area (TPSA) is 96.8 Å². The van der Waals surface area contributed by atoms with Gasteiger partial charge in [-0.15, -0.1) is 0 Å². The average Bonchev–Trinajstić information content (AvgIpc) is 2.77. The molecule has 2 aliphatic rings. The molecule has 2 aromatic rings. The van der Waals surface area contributed by atoms with Crippen LogP contribution < -0.4 is 10.0 Å². The van der Waals surface area contributed by atoms with Gasteiger partial charge < -0.3 is 4.90 Å². The number of halogens is 1. The minimum absolute atomic E-state index is 0.0909. The van der Waals surface area contributed by atoms with Crippen molar-refractivity contribution in [2.45, 2.75) is 38.6 Å². The van der Waals surface area contributed by atoms with Crippen LogP contribution in [0.2, 0.25) is 5.15 Å². The second-order valence-electron chi connectivity index (χ2n) is 7.29. The molecule has 2 fully saturated rings. The van der Waals surface area contributed by atoms with Crippen LogP contribution in [0.5, 0.6) is 0 Å². The maximum absolute atomic E-state index is 11.8. The maximum atomic E-state index is 11.8. The summed E-state index contributed by atoms with van der Waals surface area (Å²) in [6.45, 7) is 4.18. The van der Waals surface area contributed by atoms with Crippen LogP contribution >= 0.6 is 11.6 Å². The van der Waals surface area contributed by atoms with Gasteiger partial charge in [-0.3, -0.25) is 0 Å². The highest BCUT2D eigenvalue weighted by Crippen LogP contribution is 2.33. The van der Waals surface area contributed by atoms with Gasteiger partial charge in [-0.2, -0.15) is 17.8 Å². The largest absolute Gasteiger partial charge is 0.354 e. The van der Waals surface area contributed by atoms with Crippen LogP contribution in [-0.4, -0.2) is 53.0 Å². The molecule has 0 bridgehead atoms. The van der Waals surface area contributed by atoms with Crippen molar-refractivity contribution in [2.75, 3.05) is 24.5 Å². The lowest BCUT2D eigenvalue weighted by molar-refractivity contribution is 0.203. The van der Waals surface area contributed by atoms with E-state index in [9.17, 15) is 8.42 Å². The molecule has 0 aromatic carbocycles. The molecule has 26 heavy (non-hydrogen) atoms. The molecule has 10 heteroatoms. The van der Waals surface area contributed by atoms with Crippen LogP contribution in [0.15, 0.2) is 12.4 Å². The van der Waals surface area contributed by atoms with Gasteiger partial charge in [0.15, 0.2) is 5.82 Å². The number of nitrogens with zero attached hydrogens (tertiary/aromatic N) is 5. The molecule has 0 radical (unpaired) electrons. The smallest absolute Gasteiger partial charge is 0.277 e. The molecule has 2 aromatic heterocycles. The van der Waals surface area contributed by atoms with E-state index in [1.54, 1.807) is 4.52 Å². The molecule has 1 saturated heterocycles. The van der Waals surface area contributed by atoms with Crippen molar-refractivity contribution < 1.29 is 8.42 Å². The summed E-state index contributed by atoms with van der Waals surface area (Å²) in [6, 6.07) is 1.97. The molecule has 2 N–H and O–H groups in total. The molecule has 0 atom stereocenters. The third kappa shape index (κ3) is 3.17. The third-order valence-electron chi connectivity index (χ3n) is 5.51. The van der Waals surface area contributed by atoms with Gasteiger partial charge in [0.05, 0.1) is 0 Å². The Morgan fingerprint density at radius 2 is 2.12 bits per heavy atom. The first kappa shape index (κ1) is 18.0. The van der Waals surface area contributed by atoms with Gasteiger partial charge in [0.2, 0.25) is 0 Å². The van der Waals surface area contributed by atoms with E-state index in [0.717, 1.165) is 55.7 Å². The number of rotatable bonds is 6. The van der Waals surface area contributed by atoms with E-state index < -0.39 is 10.2 Å². The summed E-state index contributed by atoms with van der Waals surface area (Å²) in [4.78, 5) is 6.62. The quantitative estimate of drug-likeness (QED) is 0.796. The monoisotopic (exact) mass is 398 g/mol. The molecule has 0 spiro atoms. The van der Waals surface area contributed by atoms with Crippen LogP contribution in [0, 0.1) is 12.8 Å². The van der Waals surface area contributed by atoms with E-state index in [0.29, 0.717) is 17.6 Å². The number of aromatic nitrogens is 3. The lowest BCUT2D eigenvalue weighted by atomic mass is 9.91. The first-order valence-corrected chi connectivity index (χ1v) is 10.8. The van der Waals surface area contributed by atoms with E-state index in [1.165, 1.54) is 10.6 Å². The van der Waals surface area contributed by atoms with Crippen LogP contribution in [-0.2, 0) is 10.2 Å². The molecule has 1 aliphatic carbocycles. The van der Waals surface area contributed by atoms with Crippen LogP contribution in [0.3, 0.4) is 0 Å². The number of fused-ring (bicyclic) bond motifs is 1. The summed E-state index contributed by atoms with van der Waals surface area (Å²) in [5, 5.41) is 10.2. The Kier molecular flexibility index (Phi) is 4.58. The van der Waals surface area contributed by atoms with Crippen molar-refractivity contribution in [3.8, 4) is 0 Å². The standard InChI is InChI=1S/C16H23ClN6O2S/c1-11-7-14(17)23-15(11)16(19-10-20-23)21-8-12(9-21)5-6-22(26(18,24)25)13-3-2-4-13/h7,10,12-13H,2-6,8-9H2,1H3,(H2,18,24,25). The first-order chi connectivity index (χ1) is 12.3. The summed E-state index contributed by atoms with van der Waals surface area (Å²) in [7, 11) is -3.62. The predicted molar refractivity (Wildman–Crippen MR) is 101 cm³/mol. The van der Waals surface area contributed by atoms with Gasteiger partial charge in [-0.05, 0) is 43.7 Å². The predicted octanol–water partition coefficient (Wildman–Crippen LogP) is 1.58. The number of nitrogens with two attached hydrogens (primary N) is 1. The molecule has 4 rings (SSSR count). The SMILES string of the molecule is Cc1cc(Cl)n2ncnc(N3CC(CCN(C4CCC4)S(N)(=O)=O)C3)c12. The zero-order chi connectivity index (χ0) is 18.5. The van der Waals surface area contributed by atoms with Crippen molar-refractivity contribution in [1.29, 1.82) is 0 Å². The molecule has 0 unspecified atom stereocenters. The highest BCUT2D eigenvalue weighted by Gasteiger charge is 2.35. The second-order valence-corrected chi connectivity index (χ2v) is 9.18. The van der Waals surface area contributed by atoms with Crippen molar-refractivity contribution in [1.82, 2.24) is 18.9 Å². The van der Waals surface area contributed by atoms with Crippen molar-refractivity contribution in [3.05, 3.63) is 23.1 Å². The highest BCUT2D eigenvalue weighted by atomic mass is 35.5. The summed E-state index contributed by atoms with van der Waals surface area (Å²) in [6.07, 6.45) is 5.24. The van der Waals surface area contributed by atoms with E-state index in [2.05, 4.69) is 15.0 Å². The molecule has 1 saturated carbocycles. The van der Waals surface area contributed by atoms with Gasteiger partial charge in [-0.25, -0.2) is 14.6 Å². The van der Waals surface area contributed by atoms with Crippen molar-refractivity contribution in [2.24, 2.45) is 11.1 Å². The van der Waals surface area contributed by atoms with Gasteiger partial charge in [0, 0.05) is 25.7 Å². The minimum atomic E-state index is -3.62. The Balaban J connectivity index is 1.40. The minimum Gasteiger partial charge on any atom is -0.354 e. The Bertz CT molecular complexity index is 920. The molecule has 0 amide bonds. The zero-order valence-corrected chi connectivity index (χ0v) is 16.2. The van der Waals surface area contributed by atoms with E-state index in [1.807, 2.05) is 13.0 Å². The fourth-order valence-electron chi connectivity index (χ4n) is 3.82. The summed E-state index contributed by atoms with van der Waals surface area (Å²) < 4.78 is 26.8.